The summed E-state index contributed by atoms with van der Waals surface area (Å²) in [5, 5.41) is 10.7. The van der Waals surface area contributed by atoms with Gasteiger partial charge in [0.05, 0.1) is 9.40 Å². The minimum absolute atomic E-state index is 0.0109. The molecule has 18 heavy (non-hydrogen) atoms. The minimum atomic E-state index is -0.614. The molecule has 7 heteroatoms. The average molecular weight is 313 g/mol. The van der Waals surface area contributed by atoms with E-state index in [0.717, 1.165) is 12.3 Å². The molecule has 0 unspecified atom stereocenters. The summed E-state index contributed by atoms with van der Waals surface area (Å²) in [7, 11) is 0. The summed E-state index contributed by atoms with van der Waals surface area (Å²) in [5.74, 6) is -0.328. The van der Waals surface area contributed by atoms with Crippen molar-refractivity contribution in [3.05, 3.63) is 57.1 Å². The van der Waals surface area contributed by atoms with E-state index in [0.29, 0.717) is 4.47 Å². The van der Waals surface area contributed by atoms with Crippen LogP contribution in [0.3, 0.4) is 0 Å². The Morgan fingerprint density at radius 1 is 1.39 bits per heavy atom. The SMILES string of the molecule is O=[N+]([O-])c1cnccc1Oc1ccc(Br)c(F)c1. The van der Waals surface area contributed by atoms with Gasteiger partial charge in [-0.1, -0.05) is 0 Å². The summed E-state index contributed by atoms with van der Waals surface area (Å²) in [6.45, 7) is 0. The number of nitro groups is 1. The molecule has 1 heterocycles. The zero-order valence-corrected chi connectivity index (χ0v) is 10.4. The highest BCUT2D eigenvalue weighted by Gasteiger charge is 2.15. The van der Waals surface area contributed by atoms with Gasteiger partial charge in [-0.15, -0.1) is 0 Å². The van der Waals surface area contributed by atoms with Gasteiger partial charge < -0.3 is 4.74 Å². The highest BCUT2D eigenvalue weighted by molar-refractivity contribution is 9.10. The molecule has 0 N–H and O–H groups in total. The maximum Gasteiger partial charge on any atom is 0.329 e. The third-order valence-corrected chi connectivity index (χ3v) is 2.72. The van der Waals surface area contributed by atoms with Crippen LogP contribution in [0, 0.1) is 15.9 Å². The fourth-order valence-corrected chi connectivity index (χ4v) is 1.51. The summed E-state index contributed by atoms with van der Waals surface area (Å²) >= 11 is 3.00. The van der Waals surface area contributed by atoms with E-state index in [-0.39, 0.29) is 17.2 Å². The molecule has 2 rings (SSSR count). The van der Waals surface area contributed by atoms with Gasteiger partial charge in [0, 0.05) is 18.3 Å². The van der Waals surface area contributed by atoms with Crippen LogP contribution in [0.5, 0.6) is 11.5 Å². The van der Waals surface area contributed by atoms with Crippen molar-refractivity contribution >= 4 is 21.6 Å². The molecule has 1 aromatic carbocycles. The molecule has 0 saturated carbocycles. The van der Waals surface area contributed by atoms with E-state index >= 15 is 0 Å². The van der Waals surface area contributed by atoms with Gasteiger partial charge >= 0.3 is 5.69 Å². The lowest BCUT2D eigenvalue weighted by Crippen LogP contribution is -1.94. The first kappa shape index (κ1) is 12.4. The summed E-state index contributed by atoms with van der Waals surface area (Å²) < 4.78 is 18.8. The molecule has 2 aromatic rings. The van der Waals surface area contributed by atoms with Gasteiger partial charge in [-0.25, -0.2) is 4.39 Å². The molecule has 0 amide bonds. The number of rotatable bonds is 3. The number of halogens is 2. The molecule has 0 aliphatic heterocycles. The summed E-state index contributed by atoms with van der Waals surface area (Å²) in [6, 6.07) is 5.43. The first-order valence-electron chi connectivity index (χ1n) is 4.79. The summed E-state index contributed by atoms with van der Waals surface area (Å²) in [6.07, 6.45) is 2.43. The van der Waals surface area contributed by atoms with Crippen molar-refractivity contribution in [2.45, 2.75) is 0 Å². The first-order valence-corrected chi connectivity index (χ1v) is 5.58. The third kappa shape index (κ3) is 2.62. The number of nitrogens with zero attached hydrogens (tertiary/aromatic N) is 2. The maximum absolute atomic E-state index is 13.3. The van der Waals surface area contributed by atoms with Gasteiger partial charge in [-0.2, -0.15) is 0 Å². The van der Waals surface area contributed by atoms with E-state index in [1.807, 2.05) is 0 Å². The van der Waals surface area contributed by atoms with E-state index in [2.05, 4.69) is 20.9 Å². The molecule has 0 aliphatic rings. The van der Waals surface area contributed by atoms with Crippen LogP contribution in [0.4, 0.5) is 10.1 Å². The molecule has 0 spiro atoms. The van der Waals surface area contributed by atoms with Gasteiger partial charge in [0.15, 0.2) is 0 Å². The van der Waals surface area contributed by atoms with E-state index in [9.17, 15) is 14.5 Å². The van der Waals surface area contributed by atoms with Crippen molar-refractivity contribution in [1.29, 1.82) is 0 Å². The van der Waals surface area contributed by atoms with Crippen molar-refractivity contribution in [3.8, 4) is 11.5 Å². The standard InChI is InChI=1S/C11H6BrFN2O3/c12-8-2-1-7(5-9(8)13)18-11-3-4-14-6-10(11)15(16)17/h1-6H. The Labute approximate surface area is 110 Å². The van der Waals surface area contributed by atoms with Crippen molar-refractivity contribution in [1.82, 2.24) is 4.98 Å². The van der Waals surface area contributed by atoms with Crippen LogP contribution in [0.2, 0.25) is 0 Å². The molecule has 1 aromatic heterocycles. The van der Waals surface area contributed by atoms with Gasteiger partial charge in [-0.05, 0) is 28.1 Å². The lowest BCUT2D eigenvalue weighted by Gasteiger charge is -2.06. The van der Waals surface area contributed by atoms with Crippen LogP contribution in [0.15, 0.2) is 41.1 Å². The Kier molecular flexibility index (Phi) is 3.52. The van der Waals surface area contributed by atoms with E-state index < -0.39 is 10.7 Å². The monoisotopic (exact) mass is 312 g/mol. The van der Waals surface area contributed by atoms with Crippen LogP contribution in [0.1, 0.15) is 0 Å². The van der Waals surface area contributed by atoms with Crippen LogP contribution in [-0.4, -0.2) is 9.91 Å². The molecule has 5 nitrogen and oxygen atoms in total. The quantitative estimate of drug-likeness (QED) is 0.640. The van der Waals surface area contributed by atoms with Gasteiger partial charge in [0.1, 0.15) is 17.8 Å². The number of hydrogen-bond donors (Lipinski definition) is 0. The van der Waals surface area contributed by atoms with Crippen LogP contribution < -0.4 is 4.74 Å². The molecule has 92 valence electrons. The third-order valence-electron chi connectivity index (χ3n) is 2.08. The van der Waals surface area contributed by atoms with E-state index in [1.54, 1.807) is 0 Å². The lowest BCUT2D eigenvalue weighted by atomic mass is 10.3. The van der Waals surface area contributed by atoms with Crippen molar-refractivity contribution < 1.29 is 14.1 Å². The first-order chi connectivity index (χ1) is 8.58. The van der Waals surface area contributed by atoms with Gasteiger partial charge in [0.2, 0.25) is 5.75 Å². The van der Waals surface area contributed by atoms with Crippen molar-refractivity contribution in [2.75, 3.05) is 0 Å². The Hall–Kier alpha value is -2.02. The van der Waals surface area contributed by atoms with Crippen LogP contribution in [0.25, 0.3) is 0 Å². The smallest absolute Gasteiger partial charge is 0.329 e. The predicted octanol–water partition coefficient (Wildman–Crippen LogP) is 3.68. The minimum Gasteiger partial charge on any atom is -0.450 e. The second kappa shape index (κ2) is 5.09. The topological polar surface area (TPSA) is 65.3 Å². The Morgan fingerprint density at radius 3 is 2.83 bits per heavy atom. The zero-order valence-electron chi connectivity index (χ0n) is 8.84. The highest BCUT2D eigenvalue weighted by atomic mass is 79.9. The Bertz CT molecular complexity index is 607. The summed E-state index contributed by atoms with van der Waals surface area (Å²) in [4.78, 5) is 13.8. The highest BCUT2D eigenvalue weighted by Crippen LogP contribution is 2.31. The van der Waals surface area contributed by atoms with Crippen molar-refractivity contribution in [3.63, 3.8) is 0 Å². The van der Waals surface area contributed by atoms with Crippen LogP contribution in [-0.2, 0) is 0 Å². The van der Waals surface area contributed by atoms with Crippen LogP contribution >= 0.6 is 15.9 Å². The number of aromatic nitrogens is 1. The Balaban J connectivity index is 2.34. The van der Waals surface area contributed by atoms with Gasteiger partial charge in [-0.3, -0.25) is 15.1 Å². The average Bonchev–Trinajstić information content (AvgIpc) is 2.34. The summed E-state index contributed by atoms with van der Waals surface area (Å²) in [5.41, 5.74) is -0.277. The second-order valence-electron chi connectivity index (χ2n) is 3.28. The van der Waals surface area contributed by atoms with E-state index in [4.69, 9.17) is 4.74 Å². The lowest BCUT2D eigenvalue weighted by molar-refractivity contribution is -0.386. The Morgan fingerprint density at radius 2 is 2.17 bits per heavy atom. The second-order valence-corrected chi connectivity index (χ2v) is 4.13. The number of hydrogen-bond acceptors (Lipinski definition) is 4. The molecule has 0 atom stereocenters. The van der Waals surface area contributed by atoms with Gasteiger partial charge in [0.25, 0.3) is 0 Å². The number of ether oxygens (including phenoxy) is 1. The molecule has 0 bridgehead atoms. The maximum atomic E-state index is 13.3. The van der Waals surface area contributed by atoms with Crippen molar-refractivity contribution in [2.24, 2.45) is 0 Å². The molecular formula is C11H6BrFN2O3. The fraction of sp³-hybridized carbons (Fsp3) is 0. The molecule has 0 aliphatic carbocycles. The number of benzene rings is 1. The molecule has 0 radical (unpaired) electrons. The number of pyridine rings is 1. The van der Waals surface area contributed by atoms with E-state index in [1.165, 1.54) is 24.4 Å². The molecule has 0 fully saturated rings. The molecular weight excluding hydrogens is 307 g/mol. The predicted molar refractivity (Wildman–Crippen MR) is 65.1 cm³/mol. The normalized spacial score (nSPS) is 10.1. The fourth-order valence-electron chi connectivity index (χ4n) is 1.26. The zero-order chi connectivity index (χ0) is 13.1. The molecule has 0 saturated heterocycles. The largest absolute Gasteiger partial charge is 0.450 e.